The number of nitrogens with one attached hydrogen (secondary N) is 1. The zero-order valence-electron chi connectivity index (χ0n) is 41.7. The molecule has 0 heterocycles. The van der Waals surface area contributed by atoms with Gasteiger partial charge in [-0.3, -0.25) is 4.79 Å². The van der Waals surface area contributed by atoms with E-state index in [1.807, 2.05) is 0 Å². The Hall–Kier alpha value is -1.29. The Morgan fingerprint density at radius 3 is 1.42 bits per heavy atom. The SMILES string of the molecule is C=C(CCCCCCCCCCC(CCCCCCCCCOC(=O)C(CCCCCC)CC1CC1)N(NC)C(=C)CCCCCCCC)C(CCCC)CCCCCC. The minimum Gasteiger partial charge on any atom is -0.465 e. The molecule has 0 aliphatic heterocycles. The topological polar surface area (TPSA) is 41.6 Å². The first-order valence-corrected chi connectivity index (χ1v) is 27.4. The van der Waals surface area contributed by atoms with Gasteiger partial charge in [0.15, 0.2) is 0 Å². The van der Waals surface area contributed by atoms with Gasteiger partial charge in [-0.05, 0) is 82.5 Å². The van der Waals surface area contributed by atoms with E-state index in [2.05, 4.69) is 58.3 Å². The van der Waals surface area contributed by atoms with Gasteiger partial charge in [-0.1, -0.05) is 239 Å². The van der Waals surface area contributed by atoms with Crippen molar-refractivity contribution in [2.75, 3.05) is 13.7 Å². The maximum atomic E-state index is 12.9. The summed E-state index contributed by atoms with van der Waals surface area (Å²) in [5.74, 6) is 1.82. The first-order chi connectivity index (χ1) is 29.4. The lowest BCUT2D eigenvalue weighted by Crippen LogP contribution is -2.42. The second-order valence-corrected chi connectivity index (χ2v) is 19.7. The molecule has 1 rings (SSSR count). The molecule has 0 amide bonds. The van der Waals surface area contributed by atoms with Gasteiger partial charge in [0.25, 0.3) is 0 Å². The maximum absolute atomic E-state index is 12.9. The molecule has 3 unspecified atom stereocenters. The second kappa shape index (κ2) is 41.7. The molecule has 354 valence electrons. The van der Waals surface area contributed by atoms with Crippen LogP contribution in [0.5, 0.6) is 0 Å². The molecule has 4 nitrogen and oxygen atoms in total. The molecule has 0 radical (unpaired) electrons. The lowest BCUT2D eigenvalue weighted by Gasteiger charge is -2.35. The highest BCUT2D eigenvalue weighted by Crippen LogP contribution is 2.37. The van der Waals surface area contributed by atoms with E-state index < -0.39 is 0 Å². The van der Waals surface area contributed by atoms with Crippen molar-refractivity contribution < 1.29 is 9.53 Å². The zero-order valence-corrected chi connectivity index (χ0v) is 41.7. The summed E-state index contributed by atoms with van der Waals surface area (Å²) in [6, 6.07) is 0.550. The predicted octanol–water partition coefficient (Wildman–Crippen LogP) is 18.3. The average molecular weight is 841 g/mol. The Labute approximate surface area is 377 Å². The molecule has 1 N–H and O–H groups in total. The molecular formula is C56H108N2O2. The van der Waals surface area contributed by atoms with Gasteiger partial charge in [-0.15, -0.1) is 0 Å². The Balaban J connectivity index is 2.37. The number of carbonyl (C=O) groups is 1. The lowest BCUT2D eigenvalue weighted by atomic mass is 9.86. The highest BCUT2D eigenvalue weighted by Gasteiger charge is 2.30. The summed E-state index contributed by atoms with van der Waals surface area (Å²) in [6.07, 6.45) is 53.3. The van der Waals surface area contributed by atoms with E-state index in [1.54, 1.807) is 5.57 Å². The van der Waals surface area contributed by atoms with Crippen LogP contribution in [0.25, 0.3) is 0 Å². The standard InChI is InChI=1S/C56H108N2O2/c1-8-12-16-19-28-33-40-51(6)58(57-7)55(44-36-29-24-21-20-23-27-32-39-50(5)53(41-15-11-4)42-34-17-13-9-2)45-37-30-25-22-26-31-38-48-60-56(59)54(49-52-46-47-52)43-35-18-14-10-3/h52-55,57H,5-6,8-49H2,1-4,7H3. The fourth-order valence-corrected chi connectivity index (χ4v) is 9.61. The smallest absolute Gasteiger partial charge is 0.308 e. The quantitative estimate of drug-likeness (QED) is 0.0287. The van der Waals surface area contributed by atoms with E-state index in [0.717, 1.165) is 37.5 Å². The van der Waals surface area contributed by atoms with Gasteiger partial charge in [0.2, 0.25) is 0 Å². The van der Waals surface area contributed by atoms with Crippen molar-refractivity contribution in [2.45, 2.75) is 297 Å². The Morgan fingerprint density at radius 2 is 0.917 bits per heavy atom. The predicted molar refractivity (Wildman–Crippen MR) is 266 cm³/mol. The number of carbonyl (C=O) groups excluding carboxylic acids is 1. The van der Waals surface area contributed by atoms with Crippen LogP contribution in [-0.2, 0) is 9.53 Å². The summed E-state index contributed by atoms with van der Waals surface area (Å²) in [5.41, 5.74) is 6.46. The first kappa shape index (κ1) is 56.7. The summed E-state index contributed by atoms with van der Waals surface area (Å²) in [7, 11) is 2.12. The number of unbranched alkanes of at least 4 members (excludes halogenated alkanes) is 25. The number of allylic oxidation sites excluding steroid dienone is 2. The van der Waals surface area contributed by atoms with Crippen LogP contribution in [0.1, 0.15) is 291 Å². The van der Waals surface area contributed by atoms with Gasteiger partial charge in [-0.25, -0.2) is 5.43 Å². The van der Waals surface area contributed by atoms with Crippen LogP contribution in [0, 0.1) is 17.8 Å². The van der Waals surface area contributed by atoms with Crippen molar-refractivity contribution in [3.8, 4) is 0 Å². The number of hydrogen-bond donors (Lipinski definition) is 1. The fraction of sp³-hybridized carbons (Fsp3) is 0.911. The van der Waals surface area contributed by atoms with E-state index in [4.69, 9.17) is 4.74 Å². The minimum atomic E-state index is 0.0978. The van der Waals surface area contributed by atoms with Gasteiger partial charge >= 0.3 is 5.97 Å². The molecular weight excluding hydrogens is 733 g/mol. The molecule has 1 aliphatic rings. The molecule has 0 saturated heterocycles. The van der Waals surface area contributed by atoms with Crippen LogP contribution >= 0.6 is 0 Å². The summed E-state index contributed by atoms with van der Waals surface area (Å²) in [4.78, 5) is 12.9. The molecule has 3 atom stereocenters. The number of hydrazine groups is 1. The van der Waals surface area contributed by atoms with Gasteiger partial charge in [-0.2, -0.15) is 0 Å². The third kappa shape index (κ3) is 32.4. The Bertz CT molecular complexity index is 974. The van der Waals surface area contributed by atoms with Gasteiger partial charge in [0, 0.05) is 18.8 Å². The molecule has 1 saturated carbocycles. The number of ether oxygens (including phenoxy) is 1. The van der Waals surface area contributed by atoms with Crippen molar-refractivity contribution in [3.63, 3.8) is 0 Å². The highest BCUT2D eigenvalue weighted by atomic mass is 16.5. The molecule has 1 fully saturated rings. The third-order valence-corrected chi connectivity index (χ3v) is 13.9. The first-order valence-electron chi connectivity index (χ1n) is 27.4. The van der Waals surface area contributed by atoms with E-state index in [1.165, 1.54) is 243 Å². The number of rotatable bonds is 48. The zero-order chi connectivity index (χ0) is 43.7. The van der Waals surface area contributed by atoms with Gasteiger partial charge in [0.05, 0.1) is 12.5 Å². The van der Waals surface area contributed by atoms with Crippen molar-refractivity contribution in [1.29, 1.82) is 0 Å². The normalized spacial score (nSPS) is 14.3. The Kier molecular flexibility index (Phi) is 39.4. The van der Waals surface area contributed by atoms with E-state index in [-0.39, 0.29) is 11.9 Å². The molecule has 0 aromatic heterocycles. The van der Waals surface area contributed by atoms with Gasteiger partial charge < -0.3 is 9.75 Å². The van der Waals surface area contributed by atoms with Crippen LogP contribution in [0.15, 0.2) is 24.4 Å². The lowest BCUT2D eigenvalue weighted by molar-refractivity contribution is -0.149. The summed E-state index contributed by atoms with van der Waals surface area (Å²) < 4.78 is 5.81. The van der Waals surface area contributed by atoms with Crippen LogP contribution in [0.2, 0.25) is 0 Å². The fourth-order valence-electron chi connectivity index (χ4n) is 9.61. The van der Waals surface area contributed by atoms with Crippen molar-refractivity contribution in [3.05, 3.63) is 24.4 Å². The van der Waals surface area contributed by atoms with E-state index >= 15 is 0 Å². The minimum absolute atomic E-state index is 0.0978. The molecule has 4 heteroatoms. The van der Waals surface area contributed by atoms with E-state index in [9.17, 15) is 4.79 Å². The maximum Gasteiger partial charge on any atom is 0.308 e. The van der Waals surface area contributed by atoms with Crippen molar-refractivity contribution in [1.82, 2.24) is 10.4 Å². The summed E-state index contributed by atoms with van der Waals surface area (Å²) in [6.45, 7) is 19.0. The van der Waals surface area contributed by atoms with Crippen LogP contribution < -0.4 is 5.43 Å². The van der Waals surface area contributed by atoms with Crippen LogP contribution in [-0.4, -0.2) is 30.7 Å². The van der Waals surface area contributed by atoms with Crippen LogP contribution in [0.3, 0.4) is 0 Å². The number of hydrogen-bond acceptors (Lipinski definition) is 4. The molecule has 0 aromatic carbocycles. The second-order valence-electron chi connectivity index (χ2n) is 19.7. The van der Waals surface area contributed by atoms with E-state index in [0.29, 0.717) is 12.6 Å². The van der Waals surface area contributed by atoms with Gasteiger partial charge in [0.1, 0.15) is 0 Å². The average Bonchev–Trinajstić information content (AvgIpc) is 4.08. The summed E-state index contributed by atoms with van der Waals surface area (Å²) in [5, 5.41) is 2.47. The molecule has 1 aliphatic carbocycles. The van der Waals surface area contributed by atoms with Crippen LogP contribution in [0.4, 0.5) is 0 Å². The molecule has 0 aromatic rings. The highest BCUT2D eigenvalue weighted by molar-refractivity contribution is 5.72. The monoisotopic (exact) mass is 841 g/mol. The molecule has 0 spiro atoms. The third-order valence-electron chi connectivity index (χ3n) is 13.9. The Morgan fingerprint density at radius 1 is 0.517 bits per heavy atom. The van der Waals surface area contributed by atoms with Crippen molar-refractivity contribution >= 4 is 5.97 Å². The number of nitrogens with zero attached hydrogens (tertiary/aromatic N) is 1. The largest absolute Gasteiger partial charge is 0.465 e. The number of esters is 1. The molecule has 60 heavy (non-hydrogen) atoms. The van der Waals surface area contributed by atoms with Crippen molar-refractivity contribution in [2.24, 2.45) is 17.8 Å². The summed E-state index contributed by atoms with van der Waals surface area (Å²) >= 11 is 0. The molecule has 0 bridgehead atoms.